The summed E-state index contributed by atoms with van der Waals surface area (Å²) < 4.78 is 0. The Morgan fingerprint density at radius 3 is 2.69 bits per heavy atom. The fraction of sp³-hybridized carbons (Fsp3) is 1.00. The Bertz CT molecular complexity index is 221. The van der Waals surface area contributed by atoms with E-state index < -0.39 is 0 Å². The van der Waals surface area contributed by atoms with Crippen molar-refractivity contribution in [3.8, 4) is 0 Å². The molecule has 0 radical (unpaired) electrons. The molecule has 0 aromatic rings. The second-order valence-corrected chi connectivity index (χ2v) is 6.48. The van der Waals surface area contributed by atoms with Gasteiger partial charge >= 0.3 is 0 Å². The molecule has 0 amide bonds. The summed E-state index contributed by atoms with van der Waals surface area (Å²) in [6.07, 6.45) is 5.73. The van der Waals surface area contributed by atoms with Crippen molar-refractivity contribution in [2.24, 2.45) is 5.73 Å². The lowest BCUT2D eigenvalue weighted by atomic mass is 9.93. The van der Waals surface area contributed by atoms with E-state index in [0.29, 0.717) is 0 Å². The van der Waals surface area contributed by atoms with E-state index in [1.807, 2.05) is 0 Å². The first-order valence-electron chi connectivity index (χ1n) is 6.45. The molecule has 2 rings (SSSR count). The van der Waals surface area contributed by atoms with Crippen LogP contribution in [0.2, 0.25) is 0 Å². The molecular weight excluding hydrogens is 220 g/mol. The van der Waals surface area contributed by atoms with Gasteiger partial charge < -0.3 is 15.7 Å². The molecule has 94 valence electrons. The average Bonchev–Trinajstić information content (AvgIpc) is 2.53. The molecule has 3 N–H and O–H groups in total. The van der Waals surface area contributed by atoms with Crippen LogP contribution < -0.4 is 5.73 Å². The van der Waals surface area contributed by atoms with E-state index in [1.165, 1.54) is 30.9 Å². The van der Waals surface area contributed by atoms with Crippen LogP contribution in [0.5, 0.6) is 0 Å². The smallest absolute Gasteiger partial charge is 0.0611 e. The molecule has 0 aromatic heterocycles. The first-order valence-corrected chi connectivity index (χ1v) is 7.60. The lowest BCUT2D eigenvalue weighted by Gasteiger charge is -2.33. The number of nitrogens with zero attached hydrogens (tertiary/aromatic N) is 1. The Balaban J connectivity index is 1.87. The van der Waals surface area contributed by atoms with E-state index in [0.717, 1.165) is 31.8 Å². The molecule has 0 spiro atoms. The fourth-order valence-electron chi connectivity index (χ4n) is 2.81. The Morgan fingerprint density at radius 1 is 1.25 bits per heavy atom. The van der Waals surface area contributed by atoms with Gasteiger partial charge in [0.1, 0.15) is 0 Å². The zero-order valence-electron chi connectivity index (χ0n) is 10.0. The van der Waals surface area contributed by atoms with Gasteiger partial charge in [-0.15, -0.1) is 0 Å². The van der Waals surface area contributed by atoms with Gasteiger partial charge in [0.05, 0.1) is 6.61 Å². The molecule has 0 saturated carbocycles. The van der Waals surface area contributed by atoms with E-state index in [1.54, 1.807) is 0 Å². The van der Waals surface area contributed by atoms with Crippen molar-refractivity contribution in [1.82, 2.24) is 4.90 Å². The van der Waals surface area contributed by atoms with Crippen LogP contribution in [0, 0.1) is 0 Å². The monoisotopic (exact) mass is 244 g/mol. The van der Waals surface area contributed by atoms with Crippen molar-refractivity contribution in [3.63, 3.8) is 0 Å². The van der Waals surface area contributed by atoms with Crippen molar-refractivity contribution in [2.75, 3.05) is 31.2 Å². The second-order valence-electron chi connectivity index (χ2n) is 5.25. The normalized spacial score (nSPS) is 34.9. The molecule has 16 heavy (non-hydrogen) atoms. The highest BCUT2D eigenvalue weighted by atomic mass is 32.2. The maximum Gasteiger partial charge on any atom is 0.0611 e. The predicted octanol–water partition coefficient (Wildman–Crippen LogP) is 1.06. The van der Waals surface area contributed by atoms with Crippen LogP contribution in [0.3, 0.4) is 0 Å². The minimum atomic E-state index is -0.307. The van der Waals surface area contributed by atoms with Crippen LogP contribution in [0.15, 0.2) is 0 Å². The summed E-state index contributed by atoms with van der Waals surface area (Å²) in [4.78, 5) is 2.62. The van der Waals surface area contributed by atoms with Crippen molar-refractivity contribution in [3.05, 3.63) is 0 Å². The molecule has 3 nitrogen and oxygen atoms in total. The number of thioether (sulfide) groups is 1. The van der Waals surface area contributed by atoms with Gasteiger partial charge in [0.15, 0.2) is 0 Å². The third kappa shape index (κ3) is 3.13. The van der Waals surface area contributed by atoms with E-state index in [2.05, 4.69) is 16.7 Å². The van der Waals surface area contributed by atoms with Crippen LogP contribution in [-0.2, 0) is 0 Å². The summed E-state index contributed by atoms with van der Waals surface area (Å²) in [5, 5.41) is 9.33. The highest BCUT2D eigenvalue weighted by Crippen LogP contribution is 2.26. The largest absolute Gasteiger partial charge is 0.394 e. The van der Waals surface area contributed by atoms with Gasteiger partial charge in [0.2, 0.25) is 0 Å². The van der Waals surface area contributed by atoms with Crippen LogP contribution in [0.25, 0.3) is 0 Å². The maximum absolute atomic E-state index is 9.33. The quantitative estimate of drug-likeness (QED) is 0.762. The summed E-state index contributed by atoms with van der Waals surface area (Å²) in [6, 6.07) is 0.780. The Hall–Kier alpha value is 0.230. The third-order valence-corrected chi connectivity index (χ3v) is 5.09. The van der Waals surface area contributed by atoms with Gasteiger partial charge in [0, 0.05) is 18.1 Å². The molecule has 0 aromatic carbocycles. The predicted molar refractivity (Wildman–Crippen MR) is 69.8 cm³/mol. The van der Waals surface area contributed by atoms with Gasteiger partial charge in [-0.1, -0.05) is 0 Å². The summed E-state index contributed by atoms with van der Waals surface area (Å²) in [5.41, 5.74) is 5.86. The second kappa shape index (κ2) is 5.71. The molecule has 2 aliphatic rings. The number of nitrogens with two attached hydrogens (primary N) is 1. The molecule has 0 aliphatic carbocycles. The van der Waals surface area contributed by atoms with Gasteiger partial charge in [-0.2, -0.15) is 11.8 Å². The molecule has 2 heterocycles. The fourth-order valence-corrected chi connectivity index (χ4v) is 3.89. The van der Waals surface area contributed by atoms with Crippen LogP contribution in [-0.4, -0.2) is 52.8 Å². The highest BCUT2D eigenvalue weighted by molar-refractivity contribution is 7.99. The number of rotatable bonds is 2. The van der Waals surface area contributed by atoms with E-state index in [-0.39, 0.29) is 12.1 Å². The molecule has 2 aliphatic heterocycles. The van der Waals surface area contributed by atoms with E-state index >= 15 is 0 Å². The first-order chi connectivity index (χ1) is 7.73. The zero-order valence-corrected chi connectivity index (χ0v) is 10.8. The number of likely N-dealkylation sites (tertiary alicyclic amines) is 1. The highest BCUT2D eigenvalue weighted by Gasteiger charge is 2.30. The number of hydrogen-bond donors (Lipinski definition) is 2. The van der Waals surface area contributed by atoms with Gasteiger partial charge in [-0.3, -0.25) is 0 Å². The number of aliphatic hydroxyl groups excluding tert-OH is 1. The van der Waals surface area contributed by atoms with Crippen LogP contribution in [0.4, 0.5) is 0 Å². The average molecular weight is 244 g/mol. The molecule has 1 atom stereocenters. The summed E-state index contributed by atoms with van der Waals surface area (Å²) >= 11 is 2.08. The Kier molecular flexibility index (Phi) is 4.53. The van der Waals surface area contributed by atoms with E-state index in [9.17, 15) is 5.11 Å². The van der Waals surface area contributed by atoms with Gasteiger partial charge in [0.25, 0.3) is 0 Å². The lowest BCUT2D eigenvalue weighted by Crippen LogP contribution is -2.45. The molecule has 0 bridgehead atoms. The van der Waals surface area contributed by atoms with Crippen LogP contribution >= 0.6 is 11.8 Å². The van der Waals surface area contributed by atoms with Crippen molar-refractivity contribution in [2.45, 2.75) is 43.7 Å². The SMILES string of the molecule is NC1(CO)CCCN(C2CCSCC2)CC1. The lowest BCUT2D eigenvalue weighted by molar-refractivity contribution is 0.163. The van der Waals surface area contributed by atoms with Crippen molar-refractivity contribution >= 4 is 11.8 Å². The zero-order chi connectivity index (χ0) is 11.4. The summed E-state index contributed by atoms with van der Waals surface area (Å²) in [6.45, 7) is 2.39. The maximum atomic E-state index is 9.33. The number of hydrogen-bond acceptors (Lipinski definition) is 4. The topological polar surface area (TPSA) is 49.5 Å². The molecule has 1 unspecified atom stereocenters. The van der Waals surface area contributed by atoms with Crippen molar-refractivity contribution in [1.29, 1.82) is 0 Å². The van der Waals surface area contributed by atoms with E-state index in [4.69, 9.17) is 5.73 Å². The summed E-state index contributed by atoms with van der Waals surface area (Å²) in [7, 11) is 0. The molecule has 2 saturated heterocycles. The molecule has 4 heteroatoms. The van der Waals surface area contributed by atoms with Crippen molar-refractivity contribution < 1.29 is 5.11 Å². The van der Waals surface area contributed by atoms with Crippen LogP contribution in [0.1, 0.15) is 32.1 Å². The number of aliphatic hydroxyl groups is 1. The third-order valence-electron chi connectivity index (χ3n) is 4.04. The standard InChI is InChI=1S/C12H24N2OS/c13-12(10-15)4-1-6-14(7-5-12)11-2-8-16-9-3-11/h11,15H,1-10,13H2. The first kappa shape index (κ1) is 12.7. The van der Waals surface area contributed by atoms with Gasteiger partial charge in [-0.05, 0) is 50.2 Å². The van der Waals surface area contributed by atoms with Gasteiger partial charge in [-0.25, -0.2) is 0 Å². The minimum absolute atomic E-state index is 0.140. The Labute approximate surface area is 103 Å². The minimum Gasteiger partial charge on any atom is -0.394 e. The molecule has 2 fully saturated rings. The summed E-state index contributed by atoms with van der Waals surface area (Å²) in [5.74, 6) is 2.63. The molecular formula is C12H24N2OS. The Morgan fingerprint density at radius 2 is 2.00 bits per heavy atom.